The summed E-state index contributed by atoms with van der Waals surface area (Å²) < 4.78 is 5.50. The molecule has 8 nitrogen and oxygen atoms in total. The number of nitrogens with one attached hydrogen (secondary N) is 1. The van der Waals surface area contributed by atoms with E-state index in [0.717, 1.165) is 38.2 Å². The molecule has 0 aromatic heterocycles. The Hall–Kier alpha value is -1.26. The molecule has 9 heteroatoms. The summed E-state index contributed by atoms with van der Waals surface area (Å²) in [6, 6.07) is 0.174. The molecule has 1 saturated carbocycles. The van der Waals surface area contributed by atoms with E-state index >= 15 is 0 Å². The molecule has 0 aromatic carbocycles. The van der Waals surface area contributed by atoms with Gasteiger partial charge in [0.05, 0.1) is 18.0 Å². The Labute approximate surface area is 191 Å². The van der Waals surface area contributed by atoms with Crippen molar-refractivity contribution in [1.29, 1.82) is 0 Å². The normalized spacial score (nSPS) is 23.1. The smallest absolute Gasteiger partial charge is 0.410 e. The molecule has 1 N–H and O–H groups in total. The average Bonchev–Trinajstić information content (AvgIpc) is 3.25. The molecule has 1 unspecified atom stereocenters. The Morgan fingerprint density at radius 2 is 1.90 bits per heavy atom. The standard InChI is InChI=1S/C20H35N5O3.HI/c1-19(2,3)28-18(27)24-10-11-25-15(13-24)12-21-17(25)22-14-20(8-6-7-9-20)16(26)23(4)5;/h15H,6-14H2,1-5H3,(H,21,22);1H. The van der Waals surface area contributed by atoms with Gasteiger partial charge in [-0.1, -0.05) is 12.8 Å². The van der Waals surface area contributed by atoms with Crippen molar-refractivity contribution in [2.75, 3.05) is 46.8 Å². The maximum absolute atomic E-state index is 12.8. The van der Waals surface area contributed by atoms with Crippen molar-refractivity contribution < 1.29 is 14.3 Å². The molecule has 1 atom stereocenters. The summed E-state index contributed by atoms with van der Waals surface area (Å²) in [6.45, 7) is 8.91. The zero-order valence-corrected chi connectivity index (χ0v) is 20.7. The fourth-order valence-corrected chi connectivity index (χ4v) is 4.46. The van der Waals surface area contributed by atoms with E-state index < -0.39 is 5.60 Å². The van der Waals surface area contributed by atoms with Crippen LogP contribution in [0.25, 0.3) is 0 Å². The Morgan fingerprint density at radius 3 is 2.48 bits per heavy atom. The van der Waals surface area contributed by atoms with Crippen LogP contribution in [-0.4, -0.2) is 91.1 Å². The first-order chi connectivity index (χ1) is 13.1. The first-order valence-corrected chi connectivity index (χ1v) is 10.4. The molecule has 2 heterocycles. The zero-order chi connectivity index (χ0) is 20.5. The highest BCUT2D eigenvalue weighted by Gasteiger charge is 2.43. The first-order valence-electron chi connectivity index (χ1n) is 10.4. The van der Waals surface area contributed by atoms with Crippen LogP contribution in [0.15, 0.2) is 4.99 Å². The molecule has 1 saturated heterocycles. The van der Waals surface area contributed by atoms with Gasteiger partial charge in [-0.15, -0.1) is 24.0 Å². The van der Waals surface area contributed by atoms with Crippen LogP contribution in [0.4, 0.5) is 4.79 Å². The lowest BCUT2D eigenvalue weighted by Gasteiger charge is -2.40. The highest BCUT2D eigenvalue weighted by molar-refractivity contribution is 14.0. The fraction of sp³-hybridized carbons (Fsp3) is 0.850. The number of fused-ring (bicyclic) bond motifs is 1. The Balaban J connectivity index is 0.00000300. The van der Waals surface area contributed by atoms with E-state index in [4.69, 9.17) is 4.74 Å². The van der Waals surface area contributed by atoms with Crippen molar-refractivity contribution in [3.63, 3.8) is 0 Å². The Bertz CT molecular complexity index is 641. The molecule has 29 heavy (non-hydrogen) atoms. The van der Waals surface area contributed by atoms with Gasteiger partial charge in [0, 0.05) is 40.3 Å². The van der Waals surface area contributed by atoms with E-state index in [1.807, 2.05) is 34.9 Å². The molecule has 166 valence electrons. The SMILES string of the molecule is CN(C)C(=O)C1(CNC2=NCC3CN(C(=O)OC(C)(C)C)CCN23)CCCC1.I. The van der Waals surface area contributed by atoms with Crippen molar-refractivity contribution in [2.45, 2.75) is 58.1 Å². The third-order valence-electron chi connectivity index (χ3n) is 5.86. The number of ether oxygens (including phenoxy) is 1. The molecule has 1 aliphatic carbocycles. The number of hydrogen-bond acceptors (Lipinski definition) is 6. The van der Waals surface area contributed by atoms with Crippen LogP contribution in [0.2, 0.25) is 0 Å². The molecule has 0 bridgehead atoms. The van der Waals surface area contributed by atoms with Gasteiger partial charge in [-0.05, 0) is 33.6 Å². The van der Waals surface area contributed by atoms with Gasteiger partial charge in [-0.3, -0.25) is 9.79 Å². The van der Waals surface area contributed by atoms with Crippen molar-refractivity contribution in [3.05, 3.63) is 0 Å². The maximum Gasteiger partial charge on any atom is 0.410 e. The minimum atomic E-state index is -0.484. The van der Waals surface area contributed by atoms with Crippen LogP contribution < -0.4 is 5.32 Å². The summed E-state index contributed by atoms with van der Waals surface area (Å²) in [5.41, 5.74) is -0.801. The monoisotopic (exact) mass is 521 g/mol. The van der Waals surface area contributed by atoms with Crippen LogP contribution >= 0.6 is 24.0 Å². The molecule has 3 aliphatic rings. The lowest BCUT2D eigenvalue weighted by Crippen LogP contribution is -2.58. The van der Waals surface area contributed by atoms with E-state index in [1.54, 1.807) is 9.80 Å². The second-order valence-electron chi connectivity index (χ2n) is 9.48. The molecule has 2 fully saturated rings. The van der Waals surface area contributed by atoms with Crippen LogP contribution in [0, 0.1) is 5.41 Å². The molecule has 3 rings (SSSR count). The average molecular weight is 521 g/mol. The van der Waals surface area contributed by atoms with Crippen LogP contribution in [0.3, 0.4) is 0 Å². The van der Waals surface area contributed by atoms with Gasteiger partial charge in [0.15, 0.2) is 5.96 Å². The number of carbonyl (C=O) groups is 2. The minimum Gasteiger partial charge on any atom is -0.444 e. The van der Waals surface area contributed by atoms with E-state index in [0.29, 0.717) is 26.2 Å². The van der Waals surface area contributed by atoms with E-state index in [9.17, 15) is 9.59 Å². The molecule has 2 aliphatic heterocycles. The summed E-state index contributed by atoms with van der Waals surface area (Å²) in [5, 5.41) is 3.48. The Kier molecular flexibility index (Phi) is 7.67. The quantitative estimate of drug-likeness (QED) is 0.576. The molecule has 0 radical (unpaired) electrons. The molecular weight excluding hydrogens is 485 g/mol. The highest BCUT2D eigenvalue weighted by Crippen LogP contribution is 2.39. The van der Waals surface area contributed by atoms with E-state index in [2.05, 4.69) is 15.2 Å². The van der Waals surface area contributed by atoms with Gasteiger partial charge >= 0.3 is 6.09 Å². The van der Waals surface area contributed by atoms with E-state index in [1.165, 1.54) is 0 Å². The minimum absolute atomic E-state index is 0. The number of rotatable bonds is 3. The second kappa shape index (κ2) is 9.26. The predicted octanol–water partition coefficient (Wildman–Crippen LogP) is 2.13. The predicted molar refractivity (Wildman–Crippen MR) is 124 cm³/mol. The number of aliphatic imine (C=N–C) groups is 1. The fourth-order valence-electron chi connectivity index (χ4n) is 4.46. The van der Waals surface area contributed by atoms with Gasteiger partial charge in [0.25, 0.3) is 0 Å². The van der Waals surface area contributed by atoms with Crippen molar-refractivity contribution in [2.24, 2.45) is 10.4 Å². The summed E-state index contributed by atoms with van der Waals surface area (Å²) in [4.78, 5) is 35.5. The van der Waals surface area contributed by atoms with Crippen molar-refractivity contribution in [1.82, 2.24) is 20.0 Å². The number of guanidine groups is 1. The van der Waals surface area contributed by atoms with Gasteiger partial charge in [-0.2, -0.15) is 0 Å². The third-order valence-corrected chi connectivity index (χ3v) is 5.86. The molecule has 0 spiro atoms. The Morgan fingerprint density at radius 1 is 1.24 bits per heavy atom. The molecular formula is C20H36IN5O3. The van der Waals surface area contributed by atoms with Crippen LogP contribution in [0.1, 0.15) is 46.5 Å². The largest absolute Gasteiger partial charge is 0.444 e. The number of halogens is 1. The van der Waals surface area contributed by atoms with E-state index in [-0.39, 0.29) is 47.4 Å². The number of nitrogens with zero attached hydrogens (tertiary/aromatic N) is 4. The number of hydrogen-bond donors (Lipinski definition) is 1. The highest BCUT2D eigenvalue weighted by atomic mass is 127. The van der Waals surface area contributed by atoms with Crippen molar-refractivity contribution in [3.8, 4) is 0 Å². The summed E-state index contributed by atoms with van der Waals surface area (Å²) in [7, 11) is 3.67. The van der Waals surface area contributed by atoms with Gasteiger partial charge < -0.3 is 24.8 Å². The number of piperazine rings is 1. The lowest BCUT2D eigenvalue weighted by atomic mass is 9.84. The third kappa shape index (κ3) is 5.46. The topological polar surface area (TPSA) is 77.5 Å². The zero-order valence-electron chi connectivity index (χ0n) is 18.4. The first kappa shape index (κ1) is 24.0. The summed E-state index contributed by atoms with van der Waals surface area (Å²) in [5.74, 6) is 1.08. The van der Waals surface area contributed by atoms with Gasteiger partial charge in [-0.25, -0.2) is 4.79 Å². The number of amides is 2. The van der Waals surface area contributed by atoms with Gasteiger partial charge in [0.2, 0.25) is 5.91 Å². The summed E-state index contributed by atoms with van der Waals surface area (Å²) >= 11 is 0. The molecule has 0 aromatic rings. The van der Waals surface area contributed by atoms with Crippen LogP contribution in [0.5, 0.6) is 0 Å². The number of carbonyl (C=O) groups excluding carboxylic acids is 2. The van der Waals surface area contributed by atoms with Crippen molar-refractivity contribution >= 4 is 41.9 Å². The van der Waals surface area contributed by atoms with Gasteiger partial charge in [0.1, 0.15) is 5.60 Å². The second-order valence-corrected chi connectivity index (χ2v) is 9.48. The summed E-state index contributed by atoms with van der Waals surface area (Å²) in [6.07, 6.45) is 3.81. The van der Waals surface area contributed by atoms with Crippen LogP contribution in [-0.2, 0) is 9.53 Å². The maximum atomic E-state index is 12.8. The molecule has 2 amide bonds. The lowest BCUT2D eigenvalue weighted by molar-refractivity contribution is -0.138.